The van der Waals surface area contributed by atoms with E-state index in [9.17, 15) is 0 Å². The number of pyridine rings is 3. The Hall–Kier alpha value is -3.98. The monoisotopic (exact) mass is 524 g/mol. The van der Waals surface area contributed by atoms with Crippen LogP contribution in [0.15, 0.2) is 67.0 Å². The maximum absolute atomic E-state index is 4.88. The summed E-state index contributed by atoms with van der Waals surface area (Å²) in [6, 6.07) is 20.9. The largest absolute Gasteiger partial charge is 0.306 e. The van der Waals surface area contributed by atoms with Crippen molar-refractivity contribution in [1.82, 2.24) is 9.38 Å². The van der Waals surface area contributed by atoms with Crippen molar-refractivity contribution in [3.8, 4) is 11.1 Å². The minimum Gasteiger partial charge on any atom is -0.306 e. The summed E-state index contributed by atoms with van der Waals surface area (Å²) in [6.07, 6.45) is 4.15. The highest BCUT2D eigenvalue weighted by Crippen LogP contribution is 2.44. The Labute approximate surface area is 236 Å². The van der Waals surface area contributed by atoms with Gasteiger partial charge in [0, 0.05) is 17.6 Å². The van der Waals surface area contributed by atoms with Crippen LogP contribution >= 0.6 is 0 Å². The highest BCUT2D eigenvalue weighted by molar-refractivity contribution is 6.25. The van der Waals surface area contributed by atoms with Crippen molar-refractivity contribution < 1.29 is 4.57 Å². The van der Waals surface area contributed by atoms with Gasteiger partial charge in [0.25, 0.3) is 0 Å². The summed E-state index contributed by atoms with van der Waals surface area (Å²) in [5.41, 5.74) is 14.4. The highest BCUT2D eigenvalue weighted by atomic mass is 15.0. The molecule has 0 fully saturated rings. The molecule has 3 heteroatoms. The second kappa shape index (κ2) is 8.76. The first-order chi connectivity index (χ1) is 19.2. The second-order valence-electron chi connectivity index (χ2n) is 12.6. The van der Waals surface area contributed by atoms with Crippen LogP contribution in [0.3, 0.4) is 0 Å². The van der Waals surface area contributed by atoms with E-state index in [-0.39, 0.29) is 0 Å². The molecule has 7 aromatic rings. The molecule has 0 saturated carbocycles. The van der Waals surface area contributed by atoms with Crippen LogP contribution in [0.1, 0.15) is 81.5 Å². The molecule has 0 atom stereocenters. The Morgan fingerprint density at radius 3 is 2.17 bits per heavy atom. The fraction of sp³-hybridized carbons (Fsp3) is 0.297. The van der Waals surface area contributed by atoms with E-state index in [2.05, 4.69) is 125 Å². The van der Waals surface area contributed by atoms with Gasteiger partial charge in [0.05, 0.1) is 32.8 Å². The first-order valence-electron chi connectivity index (χ1n) is 14.7. The number of benzene rings is 3. The van der Waals surface area contributed by atoms with Crippen LogP contribution in [0.4, 0.5) is 0 Å². The summed E-state index contributed by atoms with van der Waals surface area (Å²) < 4.78 is 4.80. The van der Waals surface area contributed by atoms with Crippen LogP contribution in [0.5, 0.6) is 0 Å². The van der Waals surface area contributed by atoms with E-state index in [1.807, 2.05) is 6.20 Å². The molecule has 0 unspecified atom stereocenters. The first kappa shape index (κ1) is 25.0. The Balaban J connectivity index is 1.74. The lowest BCUT2D eigenvalue weighted by Crippen LogP contribution is -2.28. The van der Waals surface area contributed by atoms with Gasteiger partial charge in [-0.05, 0) is 87.7 Å². The third-order valence-corrected chi connectivity index (χ3v) is 9.01. The number of nitrogens with zero attached hydrogens (tertiary/aromatic N) is 3. The summed E-state index contributed by atoms with van der Waals surface area (Å²) in [5, 5.41) is 5.13. The zero-order valence-electron chi connectivity index (χ0n) is 24.9. The van der Waals surface area contributed by atoms with Crippen molar-refractivity contribution in [2.75, 3.05) is 0 Å². The Morgan fingerprint density at radius 2 is 1.50 bits per heavy atom. The number of hydrogen-bond acceptors (Lipinski definition) is 1. The minimum atomic E-state index is 0.425. The third kappa shape index (κ3) is 3.36. The van der Waals surface area contributed by atoms with Crippen LogP contribution in [0, 0.1) is 6.92 Å². The smallest absolute Gasteiger partial charge is 0.224 e. The second-order valence-corrected chi connectivity index (χ2v) is 12.6. The van der Waals surface area contributed by atoms with Crippen molar-refractivity contribution in [2.24, 2.45) is 7.05 Å². The van der Waals surface area contributed by atoms with Gasteiger partial charge in [-0.25, -0.2) is 4.57 Å². The highest BCUT2D eigenvalue weighted by Gasteiger charge is 2.26. The van der Waals surface area contributed by atoms with E-state index >= 15 is 0 Å². The van der Waals surface area contributed by atoms with Crippen LogP contribution in [0.25, 0.3) is 60.3 Å². The summed E-state index contributed by atoms with van der Waals surface area (Å²) in [5.74, 6) is 1.35. The lowest BCUT2D eigenvalue weighted by atomic mass is 9.81. The molecule has 0 aliphatic rings. The maximum Gasteiger partial charge on any atom is 0.224 e. The van der Waals surface area contributed by atoms with E-state index in [0.717, 1.165) is 5.52 Å². The number of aromatic nitrogens is 3. The Morgan fingerprint density at radius 1 is 0.775 bits per heavy atom. The molecule has 0 aliphatic heterocycles. The molecular weight excluding hydrogens is 486 g/mol. The fourth-order valence-electron chi connectivity index (χ4n) is 6.96. The number of rotatable bonds is 4. The van der Waals surface area contributed by atoms with Crippen LogP contribution in [0.2, 0.25) is 0 Å². The van der Waals surface area contributed by atoms with Gasteiger partial charge in [-0.3, -0.25) is 4.98 Å². The lowest BCUT2D eigenvalue weighted by molar-refractivity contribution is -0.643. The standard InChI is InChI=1S/C37H38N3/c1-20(2)25-17-28(21(3)4)33(29(18-25)22(5)6)26-16-24-13-15-39(8)37-32-23(7)11-12-27-35-30(10-9-14-38-35)40(36(27)32)31(19-26)34(24)37/h9-22H,1-8H3/q+1. The Bertz CT molecular complexity index is 2080. The molecule has 3 nitrogen and oxygen atoms in total. The molecule has 4 heterocycles. The minimum absolute atomic E-state index is 0.425. The topological polar surface area (TPSA) is 21.2 Å². The number of aryl methyl sites for hydroxylation is 2. The third-order valence-electron chi connectivity index (χ3n) is 9.01. The number of fused-ring (bicyclic) bond motifs is 5. The van der Waals surface area contributed by atoms with Crippen molar-refractivity contribution in [2.45, 2.75) is 66.2 Å². The molecular formula is C37H38N3+. The predicted molar refractivity (Wildman–Crippen MR) is 170 cm³/mol. The van der Waals surface area contributed by atoms with Gasteiger partial charge in [0.15, 0.2) is 6.20 Å². The lowest BCUT2D eigenvalue weighted by Gasteiger charge is -2.24. The molecule has 0 amide bonds. The molecule has 4 aromatic heterocycles. The van der Waals surface area contributed by atoms with Crippen molar-refractivity contribution in [3.05, 3.63) is 89.2 Å². The van der Waals surface area contributed by atoms with E-state index in [0.29, 0.717) is 17.8 Å². The van der Waals surface area contributed by atoms with Crippen molar-refractivity contribution in [3.63, 3.8) is 0 Å². The summed E-state index contributed by atoms with van der Waals surface area (Å²) in [4.78, 5) is 4.88. The maximum atomic E-state index is 4.88. The SMILES string of the molecule is Cc1ccc2c3ncccc3n3c4cc(-c5c(C(C)C)cc(C(C)C)cc5C(C)C)cc5cc[n+](C)c(c1c23)c54. The predicted octanol–water partition coefficient (Wildman–Crippen LogP) is 9.56. The molecule has 40 heavy (non-hydrogen) atoms. The van der Waals surface area contributed by atoms with Gasteiger partial charge in [-0.1, -0.05) is 65.8 Å². The summed E-state index contributed by atoms with van der Waals surface area (Å²) >= 11 is 0. The molecule has 3 aromatic carbocycles. The van der Waals surface area contributed by atoms with Gasteiger partial charge in [-0.15, -0.1) is 0 Å². The first-order valence-corrected chi connectivity index (χ1v) is 14.7. The molecule has 0 bridgehead atoms. The summed E-state index contributed by atoms with van der Waals surface area (Å²) in [7, 11) is 2.18. The van der Waals surface area contributed by atoms with Crippen molar-refractivity contribution >= 4 is 49.1 Å². The average molecular weight is 525 g/mol. The van der Waals surface area contributed by atoms with E-state index < -0.39 is 0 Å². The summed E-state index contributed by atoms with van der Waals surface area (Å²) in [6.45, 7) is 16.2. The van der Waals surface area contributed by atoms with Crippen LogP contribution in [-0.4, -0.2) is 9.38 Å². The molecule has 0 N–H and O–H groups in total. The average Bonchev–Trinajstić information content (AvgIpc) is 3.27. The Kier molecular flexibility index (Phi) is 5.48. The molecule has 0 saturated heterocycles. The fourth-order valence-corrected chi connectivity index (χ4v) is 6.96. The molecule has 7 rings (SSSR count). The van der Waals surface area contributed by atoms with Crippen LogP contribution < -0.4 is 4.57 Å². The van der Waals surface area contributed by atoms with Gasteiger partial charge in [-0.2, -0.15) is 0 Å². The van der Waals surface area contributed by atoms with Crippen molar-refractivity contribution in [1.29, 1.82) is 0 Å². The number of hydrogen-bond donors (Lipinski definition) is 0. The normalized spacial score (nSPS) is 12.7. The van der Waals surface area contributed by atoms with Crippen LogP contribution in [-0.2, 0) is 7.05 Å². The van der Waals surface area contributed by atoms with Gasteiger partial charge in [0.1, 0.15) is 7.05 Å². The van der Waals surface area contributed by atoms with E-state index in [1.54, 1.807) is 0 Å². The molecule has 0 radical (unpaired) electrons. The quantitative estimate of drug-likeness (QED) is 0.128. The zero-order chi connectivity index (χ0) is 28.0. The van der Waals surface area contributed by atoms with Gasteiger partial charge >= 0.3 is 0 Å². The van der Waals surface area contributed by atoms with E-state index in [4.69, 9.17) is 4.98 Å². The zero-order valence-corrected chi connectivity index (χ0v) is 24.9. The molecule has 0 spiro atoms. The molecule has 0 aliphatic carbocycles. The molecule has 200 valence electrons. The van der Waals surface area contributed by atoms with E-state index in [1.165, 1.54) is 77.0 Å². The van der Waals surface area contributed by atoms with Gasteiger partial charge in [0.2, 0.25) is 5.52 Å². The van der Waals surface area contributed by atoms with Gasteiger partial charge < -0.3 is 4.40 Å².